The Kier molecular flexibility index (Phi) is 15.7. The summed E-state index contributed by atoms with van der Waals surface area (Å²) in [7, 11) is 3.50. The molecule has 35 heavy (non-hydrogen) atoms. The van der Waals surface area contributed by atoms with Gasteiger partial charge in [-0.05, 0) is 46.1 Å². The molecule has 0 aromatic heterocycles. The molecule has 200 valence electrons. The molecule has 1 aromatic carbocycles. The van der Waals surface area contributed by atoms with Crippen LogP contribution in [0.1, 0.15) is 68.2 Å². The van der Waals surface area contributed by atoms with Crippen molar-refractivity contribution < 1.29 is 23.8 Å². The number of nitrogens with one attached hydrogen (secondary N) is 1. The lowest BCUT2D eigenvalue weighted by Crippen LogP contribution is -2.40. The Bertz CT molecular complexity index is 885. The number of hydrogen-bond acceptors (Lipinski definition) is 6. The molecular formula is C28H48N2O5. The first-order valence-corrected chi connectivity index (χ1v) is 12.5. The van der Waals surface area contributed by atoms with Gasteiger partial charge in [0.2, 0.25) is 0 Å². The SMILES string of the molecule is CC(C)C.CCC(C)=c1c(OCCCOC)ccc/c1=C(\C=O)N(C)CCNC(=O)OC(C)(C)C. The second kappa shape index (κ2) is 17.0. The first kappa shape index (κ1) is 32.5. The fraction of sp³-hybridized carbons (Fsp3) is 0.643. The van der Waals surface area contributed by atoms with Gasteiger partial charge in [0.15, 0.2) is 6.29 Å². The Balaban J connectivity index is 0.00000267. The van der Waals surface area contributed by atoms with Crippen molar-refractivity contribution in [1.29, 1.82) is 0 Å². The van der Waals surface area contributed by atoms with E-state index in [1.54, 1.807) is 7.11 Å². The highest BCUT2D eigenvalue weighted by Gasteiger charge is 2.16. The van der Waals surface area contributed by atoms with E-state index in [-0.39, 0.29) is 0 Å². The van der Waals surface area contributed by atoms with Crippen LogP contribution in [-0.4, -0.2) is 63.3 Å². The number of carbonyl (C=O) groups excluding carboxylic acids is 2. The fourth-order valence-corrected chi connectivity index (χ4v) is 2.99. The summed E-state index contributed by atoms with van der Waals surface area (Å²) < 4.78 is 16.4. The van der Waals surface area contributed by atoms with Crippen molar-refractivity contribution >= 4 is 23.6 Å². The van der Waals surface area contributed by atoms with E-state index in [9.17, 15) is 9.59 Å². The molecule has 7 heteroatoms. The second-order valence-corrected chi connectivity index (χ2v) is 10.1. The molecule has 0 aliphatic carbocycles. The van der Waals surface area contributed by atoms with Crippen molar-refractivity contribution in [3.05, 3.63) is 28.6 Å². The van der Waals surface area contributed by atoms with Crippen LogP contribution >= 0.6 is 0 Å². The molecule has 0 fully saturated rings. The van der Waals surface area contributed by atoms with Gasteiger partial charge >= 0.3 is 6.09 Å². The van der Waals surface area contributed by atoms with Crippen LogP contribution in [0.15, 0.2) is 18.2 Å². The van der Waals surface area contributed by atoms with Gasteiger partial charge in [0.05, 0.1) is 12.3 Å². The number of nitrogens with zero attached hydrogens (tertiary/aromatic N) is 1. The van der Waals surface area contributed by atoms with Crippen LogP contribution in [0.5, 0.6) is 5.75 Å². The average molecular weight is 493 g/mol. The van der Waals surface area contributed by atoms with Gasteiger partial charge in [-0.25, -0.2) is 4.79 Å². The Hall–Kier alpha value is -2.54. The average Bonchev–Trinajstić information content (AvgIpc) is 2.75. The molecule has 0 atom stereocenters. The highest BCUT2D eigenvalue weighted by molar-refractivity contribution is 5.97. The highest BCUT2D eigenvalue weighted by Crippen LogP contribution is 2.08. The van der Waals surface area contributed by atoms with E-state index >= 15 is 0 Å². The number of benzene rings is 1. The van der Waals surface area contributed by atoms with E-state index in [2.05, 4.69) is 33.0 Å². The van der Waals surface area contributed by atoms with Gasteiger partial charge in [0.1, 0.15) is 11.4 Å². The van der Waals surface area contributed by atoms with Crippen molar-refractivity contribution in [3.63, 3.8) is 0 Å². The van der Waals surface area contributed by atoms with Crippen molar-refractivity contribution in [3.8, 4) is 5.75 Å². The number of aldehydes is 1. The number of carbonyl (C=O) groups is 2. The molecule has 0 heterocycles. The summed E-state index contributed by atoms with van der Waals surface area (Å²) in [6.45, 7) is 18.0. The predicted molar refractivity (Wildman–Crippen MR) is 144 cm³/mol. The third-order valence-electron chi connectivity index (χ3n) is 4.65. The zero-order chi connectivity index (χ0) is 27.0. The molecule has 1 aromatic rings. The Labute approximate surface area is 212 Å². The molecule has 0 radical (unpaired) electrons. The molecule has 0 unspecified atom stereocenters. The number of methoxy groups -OCH3 is 1. The number of amides is 1. The minimum atomic E-state index is -0.553. The van der Waals surface area contributed by atoms with E-state index in [4.69, 9.17) is 14.2 Å². The second-order valence-electron chi connectivity index (χ2n) is 10.1. The Morgan fingerprint density at radius 1 is 1.17 bits per heavy atom. The van der Waals surface area contributed by atoms with Gasteiger partial charge in [-0.1, -0.05) is 45.4 Å². The molecule has 0 saturated carbocycles. The maximum absolute atomic E-state index is 12.0. The van der Waals surface area contributed by atoms with E-state index in [1.807, 2.05) is 57.8 Å². The lowest BCUT2D eigenvalue weighted by Gasteiger charge is -2.22. The van der Waals surface area contributed by atoms with E-state index in [0.717, 1.165) is 46.8 Å². The summed E-state index contributed by atoms with van der Waals surface area (Å²) >= 11 is 0. The third kappa shape index (κ3) is 13.8. The molecule has 0 bridgehead atoms. The molecule has 0 aliphatic heterocycles. The fourth-order valence-electron chi connectivity index (χ4n) is 2.99. The minimum Gasteiger partial charge on any atom is -0.493 e. The summed E-state index contributed by atoms with van der Waals surface area (Å²) in [6, 6.07) is 5.75. The van der Waals surface area contributed by atoms with Crippen molar-refractivity contribution in [1.82, 2.24) is 10.2 Å². The molecule has 1 N–H and O–H groups in total. The number of hydrogen-bond donors (Lipinski definition) is 1. The normalized spacial score (nSPS) is 12.8. The molecule has 7 nitrogen and oxygen atoms in total. The third-order valence-corrected chi connectivity index (χ3v) is 4.65. The van der Waals surface area contributed by atoms with Gasteiger partial charge in [0, 0.05) is 50.7 Å². The van der Waals surface area contributed by atoms with Gasteiger partial charge in [0.25, 0.3) is 0 Å². The lowest BCUT2D eigenvalue weighted by atomic mass is 10.1. The lowest BCUT2D eigenvalue weighted by molar-refractivity contribution is -0.104. The van der Waals surface area contributed by atoms with Crippen LogP contribution in [-0.2, 0) is 14.3 Å². The molecule has 1 rings (SSSR count). The summed E-state index contributed by atoms with van der Waals surface area (Å²) in [5, 5.41) is 4.49. The Morgan fingerprint density at radius 2 is 1.80 bits per heavy atom. The summed E-state index contributed by atoms with van der Waals surface area (Å²) in [4.78, 5) is 25.7. The smallest absolute Gasteiger partial charge is 0.407 e. The van der Waals surface area contributed by atoms with Crippen molar-refractivity contribution in [2.45, 2.75) is 73.8 Å². The van der Waals surface area contributed by atoms with Gasteiger partial charge in [-0.15, -0.1) is 0 Å². The molecular weight excluding hydrogens is 444 g/mol. The van der Waals surface area contributed by atoms with Gasteiger partial charge in [-0.3, -0.25) is 4.79 Å². The van der Waals surface area contributed by atoms with Crippen LogP contribution in [0, 0.1) is 5.92 Å². The first-order chi connectivity index (χ1) is 16.4. The Morgan fingerprint density at radius 3 is 2.31 bits per heavy atom. The van der Waals surface area contributed by atoms with Crippen LogP contribution < -0.4 is 20.5 Å². The zero-order valence-corrected chi connectivity index (χ0v) is 23.6. The number of rotatable bonds is 11. The van der Waals surface area contributed by atoms with E-state index in [1.165, 1.54) is 0 Å². The summed E-state index contributed by atoms with van der Waals surface area (Å²) in [6.07, 6.45) is 1.99. The topological polar surface area (TPSA) is 77.1 Å². The predicted octanol–water partition coefficient (Wildman–Crippen LogP) is 4.11. The van der Waals surface area contributed by atoms with Gasteiger partial charge < -0.3 is 24.4 Å². The number of ether oxygens (including phenoxy) is 3. The molecule has 0 spiro atoms. The molecule has 0 aliphatic rings. The maximum atomic E-state index is 12.0. The zero-order valence-electron chi connectivity index (χ0n) is 23.6. The van der Waals surface area contributed by atoms with Crippen LogP contribution in [0.25, 0.3) is 11.3 Å². The van der Waals surface area contributed by atoms with Crippen LogP contribution in [0.2, 0.25) is 0 Å². The van der Waals surface area contributed by atoms with Crippen LogP contribution in [0.3, 0.4) is 0 Å². The number of likely N-dealkylation sites (N-methyl/N-ethyl adjacent to an activating group) is 1. The molecule has 0 saturated heterocycles. The maximum Gasteiger partial charge on any atom is 0.407 e. The number of alkyl carbamates (subject to hydrolysis) is 1. The van der Waals surface area contributed by atoms with E-state index < -0.39 is 11.7 Å². The van der Waals surface area contributed by atoms with Crippen LogP contribution in [0.4, 0.5) is 4.79 Å². The quantitative estimate of drug-likeness (QED) is 0.370. The molecule has 1 amide bonds. The summed E-state index contributed by atoms with van der Waals surface area (Å²) in [5.41, 5.74) is 1.12. The first-order valence-electron chi connectivity index (χ1n) is 12.5. The highest BCUT2D eigenvalue weighted by atomic mass is 16.6. The largest absolute Gasteiger partial charge is 0.493 e. The minimum absolute atomic E-state index is 0.349. The van der Waals surface area contributed by atoms with Crippen molar-refractivity contribution in [2.24, 2.45) is 5.92 Å². The monoisotopic (exact) mass is 492 g/mol. The van der Waals surface area contributed by atoms with E-state index in [0.29, 0.717) is 32.0 Å². The standard InChI is InChI=1S/C24H38N2O5.C4H10/c1-8-18(2)22-19(11-9-12-21(22)30-16-10-15-29-7)20(17-27)26(6)14-13-25-23(28)31-24(3,4)5;1-4(2)3/h9,11-12,17H,8,10,13-16H2,1-7H3,(H,25,28);4H,1-3H3/b20-19-,22-18?;. The summed E-state index contributed by atoms with van der Waals surface area (Å²) in [5.74, 6) is 1.59. The van der Waals surface area contributed by atoms with Gasteiger partial charge in [-0.2, -0.15) is 0 Å². The van der Waals surface area contributed by atoms with Crippen molar-refractivity contribution in [2.75, 3.05) is 40.5 Å².